The first kappa shape index (κ1) is 29.8. The van der Waals surface area contributed by atoms with E-state index in [1.54, 1.807) is 0 Å². The molecule has 0 amide bonds. The van der Waals surface area contributed by atoms with Gasteiger partial charge in [0.15, 0.2) is 0 Å². The van der Waals surface area contributed by atoms with Crippen LogP contribution in [0.1, 0.15) is 25.0 Å². The second-order valence-electron chi connectivity index (χ2n) is 15.6. The minimum atomic E-state index is -0.165. The minimum absolute atomic E-state index is 0.165. The van der Waals surface area contributed by atoms with Crippen LogP contribution in [0.25, 0.3) is 110 Å². The lowest BCUT2D eigenvalue weighted by atomic mass is 9.79. The van der Waals surface area contributed by atoms with Crippen LogP contribution in [0.5, 0.6) is 0 Å². The van der Waals surface area contributed by atoms with E-state index in [0.717, 1.165) is 11.2 Å². The third kappa shape index (κ3) is 3.88. The van der Waals surface area contributed by atoms with Crippen molar-refractivity contribution in [3.05, 3.63) is 181 Å². The van der Waals surface area contributed by atoms with E-state index < -0.39 is 0 Å². The molecular weight excluding hydrogens is 653 g/mol. The molecule has 1 heterocycles. The van der Waals surface area contributed by atoms with Crippen molar-refractivity contribution in [2.45, 2.75) is 19.3 Å². The fourth-order valence-corrected chi connectivity index (χ4v) is 9.96. The van der Waals surface area contributed by atoms with Crippen LogP contribution in [0, 0.1) is 0 Å². The monoisotopic (exact) mass is 686 g/mol. The van der Waals surface area contributed by atoms with Crippen LogP contribution in [0.3, 0.4) is 0 Å². The fourth-order valence-electron chi connectivity index (χ4n) is 9.96. The summed E-state index contributed by atoms with van der Waals surface area (Å²) in [5.74, 6) is 0. The standard InChI is InChI=1S/C53H34O/c1-53(2)44-24-12-11-23-41(44)50-45(53)30-43-42(29-34-16-13-25-46-47(34)51(43)52(50)54-46)49-39-21-9-7-19-37(39)48(38-20-8-10-22-40(38)49)36-18-6-5-17-35(36)33-27-26-31-14-3-4-15-32(31)28-33/h3-30H,1-2H3. The molecule has 1 aliphatic carbocycles. The van der Waals surface area contributed by atoms with Crippen LogP contribution in [0.4, 0.5) is 0 Å². The Morgan fingerprint density at radius 1 is 0.370 bits per heavy atom. The molecule has 1 aliphatic rings. The van der Waals surface area contributed by atoms with Crippen LogP contribution in [0.15, 0.2) is 174 Å². The zero-order valence-corrected chi connectivity index (χ0v) is 30.1. The van der Waals surface area contributed by atoms with Crippen LogP contribution in [0.2, 0.25) is 0 Å². The van der Waals surface area contributed by atoms with Gasteiger partial charge in [-0.15, -0.1) is 0 Å². The summed E-state index contributed by atoms with van der Waals surface area (Å²) >= 11 is 0. The molecule has 54 heavy (non-hydrogen) atoms. The summed E-state index contributed by atoms with van der Waals surface area (Å²) in [4.78, 5) is 0. The normalized spacial score (nSPS) is 13.5. The molecule has 0 radical (unpaired) electrons. The smallest absolute Gasteiger partial charge is 0.144 e. The van der Waals surface area contributed by atoms with Crippen LogP contribution in [-0.2, 0) is 5.41 Å². The van der Waals surface area contributed by atoms with E-state index in [-0.39, 0.29) is 5.41 Å². The highest BCUT2D eigenvalue weighted by molar-refractivity contribution is 6.32. The number of rotatable bonds is 3. The summed E-state index contributed by atoms with van der Waals surface area (Å²) in [7, 11) is 0. The van der Waals surface area contributed by atoms with Gasteiger partial charge in [0.05, 0.1) is 0 Å². The van der Waals surface area contributed by atoms with Gasteiger partial charge in [0.25, 0.3) is 0 Å². The summed E-state index contributed by atoms with van der Waals surface area (Å²) in [6, 6.07) is 62.9. The van der Waals surface area contributed by atoms with Crippen molar-refractivity contribution in [1.29, 1.82) is 0 Å². The molecule has 1 heteroatoms. The quantitative estimate of drug-likeness (QED) is 0.133. The Labute approximate surface area is 313 Å². The topological polar surface area (TPSA) is 13.1 Å². The lowest BCUT2D eigenvalue weighted by Gasteiger charge is -2.23. The second-order valence-corrected chi connectivity index (χ2v) is 15.6. The molecule has 0 saturated carbocycles. The molecule has 0 spiro atoms. The average Bonchev–Trinajstić information content (AvgIpc) is 3.72. The molecule has 0 N–H and O–H groups in total. The highest BCUT2D eigenvalue weighted by Crippen LogP contribution is 2.56. The first-order chi connectivity index (χ1) is 26.6. The van der Waals surface area contributed by atoms with Crippen molar-refractivity contribution in [3.8, 4) is 44.5 Å². The number of benzene rings is 10. The summed E-state index contributed by atoms with van der Waals surface area (Å²) in [6.07, 6.45) is 0. The number of furan rings is 1. The number of fused-ring (bicyclic) bond motifs is 7. The minimum Gasteiger partial charge on any atom is -0.455 e. The Balaban J connectivity index is 1.21. The predicted molar refractivity (Wildman–Crippen MR) is 229 cm³/mol. The molecule has 1 nitrogen and oxygen atoms in total. The van der Waals surface area contributed by atoms with Gasteiger partial charge in [-0.05, 0) is 117 Å². The largest absolute Gasteiger partial charge is 0.455 e. The van der Waals surface area contributed by atoms with Crippen LogP contribution in [-0.4, -0.2) is 0 Å². The van der Waals surface area contributed by atoms with Gasteiger partial charge < -0.3 is 4.42 Å². The Morgan fingerprint density at radius 2 is 0.963 bits per heavy atom. The molecule has 0 atom stereocenters. The predicted octanol–water partition coefficient (Wildman–Crippen LogP) is 14.9. The van der Waals surface area contributed by atoms with Crippen LogP contribution >= 0.6 is 0 Å². The summed E-state index contributed by atoms with van der Waals surface area (Å²) in [6.45, 7) is 4.73. The molecule has 0 aliphatic heterocycles. The van der Waals surface area contributed by atoms with Crippen LogP contribution < -0.4 is 0 Å². The van der Waals surface area contributed by atoms with Crippen molar-refractivity contribution in [1.82, 2.24) is 0 Å². The number of hydrogen-bond acceptors (Lipinski definition) is 1. The Hall–Kier alpha value is -6.70. The number of hydrogen-bond donors (Lipinski definition) is 0. The highest BCUT2D eigenvalue weighted by Gasteiger charge is 2.39. The SMILES string of the molecule is CC1(C)c2ccccc2-c2c1cc1c(-c3c4ccccc4c(-c4ccccc4-c4ccc5ccccc5c4)c4ccccc34)cc3cccc4oc2c1c34. The summed E-state index contributed by atoms with van der Waals surface area (Å²) < 4.78 is 6.93. The Morgan fingerprint density at radius 3 is 1.70 bits per heavy atom. The maximum atomic E-state index is 6.93. The van der Waals surface area contributed by atoms with Gasteiger partial charge in [-0.25, -0.2) is 0 Å². The lowest BCUT2D eigenvalue weighted by Crippen LogP contribution is -2.14. The third-order valence-corrected chi connectivity index (χ3v) is 12.4. The second kappa shape index (κ2) is 10.7. The van der Waals surface area contributed by atoms with Crippen molar-refractivity contribution < 1.29 is 4.42 Å². The third-order valence-electron chi connectivity index (χ3n) is 12.4. The van der Waals surface area contributed by atoms with Crippen molar-refractivity contribution in [2.24, 2.45) is 0 Å². The molecule has 0 saturated heterocycles. The van der Waals surface area contributed by atoms with Crippen molar-refractivity contribution >= 4 is 65.0 Å². The molecule has 12 rings (SSSR count). The summed E-state index contributed by atoms with van der Waals surface area (Å²) in [5.41, 5.74) is 14.5. The van der Waals surface area contributed by atoms with Gasteiger partial charge in [-0.2, -0.15) is 0 Å². The highest BCUT2D eigenvalue weighted by atomic mass is 16.3. The van der Waals surface area contributed by atoms with Gasteiger partial charge in [-0.3, -0.25) is 0 Å². The van der Waals surface area contributed by atoms with E-state index >= 15 is 0 Å². The molecule has 0 unspecified atom stereocenters. The van der Waals surface area contributed by atoms with E-state index in [1.165, 1.54) is 109 Å². The summed E-state index contributed by atoms with van der Waals surface area (Å²) in [5, 5.41) is 12.4. The molecule has 11 aromatic rings. The van der Waals surface area contributed by atoms with E-state index in [2.05, 4.69) is 184 Å². The molecule has 252 valence electrons. The average molecular weight is 687 g/mol. The van der Waals surface area contributed by atoms with E-state index in [1.807, 2.05) is 0 Å². The van der Waals surface area contributed by atoms with Gasteiger partial charge in [-0.1, -0.05) is 159 Å². The van der Waals surface area contributed by atoms with Crippen molar-refractivity contribution in [3.63, 3.8) is 0 Å². The fraction of sp³-hybridized carbons (Fsp3) is 0.0566. The van der Waals surface area contributed by atoms with Gasteiger partial charge in [0.2, 0.25) is 0 Å². The van der Waals surface area contributed by atoms with Gasteiger partial charge in [0.1, 0.15) is 11.2 Å². The van der Waals surface area contributed by atoms with E-state index in [4.69, 9.17) is 4.42 Å². The molecule has 0 fully saturated rings. The maximum absolute atomic E-state index is 6.93. The van der Waals surface area contributed by atoms with E-state index in [9.17, 15) is 0 Å². The molecule has 0 bridgehead atoms. The first-order valence-electron chi connectivity index (χ1n) is 18.9. The zero-order valence-electron chi connectivity index (χ0n) is 30.1. The molecule has 1 aromatic heterocycles. The van der Waals surface area contributed by atoms with Crippen molar-refractivity contribution in [2.75, 3.05) is 0 Å². The molecule has 10 aromatic carbocycles. The molecular formula is C53H34O. The Bertz CT molecular complexity index is 3300. The van der Waals surface area contributed by atoms with Gasteiger partial charge >= 0.3 is 0 Å². The first-order valence-corrected chi connectivity index (χ1v) is 18.9. The lowest BCUT2D eigenvalue weighted by molar-refractivity contribution is 0.654. The van der Waals surface area contributed by atoms with E-state index in [0.29, 0.717) is 0 Å². The van der Waals surface area contributed by atoms with Gasteiger partial charge in [0, 0.05) is 21.8 Å². The maximum Gasteiger partial charge on any atom is 0.144 e. The zero-order chi connectivity index (χ0) is 35.7. The Kier molecular flexibility index (Phi) is 5.90.